The van der Waals surface area contributed by atoms with Gasteiger partial charge in [-0.15, -0.1) is 0 Å². The third kappa shape index (κ3) is 4.87. The summed E-state index contributed by atoms with van der Waals surface area (Å²) in [5, 5.41) is 0.645. The largest absolute Gasteiger partial charge is 0.495 e. The van der Waals surface area contributed by atoms with E-state index in [4.69, 9.17) is 22.1 Å². The van der Waals surface area contributed by atoms with Crippen LogP contribution in [-0.4, -0.2) is 31.6 Å². The van der Waals surface area contributed by atoms with Gasteiger partial charge < -0.3 is 10.5 Å². The number of nitrogens with zero attached hydrogens (tertiary/aromatic N) is 1. The van der Waals surface area contributed by atoms with Crippen molar-refractivity contribution in [1.82, 2.24) is 4.90 Å². The second-order valence-corrected chi connectivity index (χ2v) is 5.82. The van der Waals surface area contributed by atoms with Gasteiger partial charge in [-0.2, -0.15) is 0 Å². The van der Waals surface area contributed by atoms with Gasteiger partial charge in [-0.3, -0.25) is 4.90 Å². The highest BCUT2D eigenvalue weighted by Gasteiger charge is 2.21. The van der Waals surface area contributed by atoms with E-state index in [0.717, 1.165) is 18.7 Å². The summed E-state index contributed by atoms with van der Waals surface area (Å²) < 4.78 is 5.22. The van der Waals surface area contributed by atoms with E-state index in [-0.39, 0.29) is 6.04 Å². The summed E-state index contributed by atoms with van der Waals surface area (Å²) in [7, 11) is 1.63. The highest BCUT2D eigenvalue weighted by atomic mass is 35.5. The van der Waals surface area contributed by atoms with Crippen molar-refractivity contribution in [1.29, 1.82) is 0 Å². The van der Waals surface area contributed by atoms with Crippen molar-refractivity contribution in [3.8, 4) is 5.75 Å². The molecule has 120 valence electrons. The second kappa shape index (κ2) is 9.29. The Morgan fingerprint density at radius 1 is 1.24 bits per heavy atom. The first kappa shape index (κ1) is 18.3. The fraction of sp³-hybridized carbons (Fsp3) is 0.647. The molecule has 0 saturated heterocycles. The van der Waals surface area contributed by atoms with Crippen LogP contribution in [0.3, 0.4) is 0 Å². The summed E-state index contributed by atoms with van der Waals surface area (Å²) in [6, 6.07) is 6.18. The Morgan fingerprint density at radius 3 is 2.33 bits per heavy atom. The molecule has 4 heteroatoms. The van der Waals surface area contributed by atoms with Crippen LogP contribution >= 0.6 is 11.6 Å². The number of hydrogen-bond donors (Lipinski definition) is 1. The molecule has 0 aliphatic heterocycles. The Labute approximate surface area is 134 Å². The first-order chi connectivity index (χ1) is 10.1. The predicted molar refractivity (Wildman–Crippen MR) is 91.1 cm³/mol. The summed E-state index contributed by atoms with van der Waals surface area (Å²) in [5.74, 6) is 1.42. The van der Waals surface area contributed by atoms with Crippen LogP contribution in [-0.2, 0) is 0 Å². The standard InChI is InChI=1S/C17H29ClN2O/c1-5-13(6-2)12-20(7-3)16(11-19)14-8-9-17(21-4)15(18)10-14/h8-10,13,16H,5-7,11-12,19H2,1-4H3. The number of hydrogen-bond acceptors (Lipinski definition) is 3. The molecule has 0 aliphatic rings. The van der Waals surface area contributed by atoms with Crippen LogP contribution < -0.4 is 10.5 Å². The van der Waals surface area contributed by atoms with Crippen LogP contribution in [0.4, 0.5) is 0 Å². The highest BCUT2D eigenvalue weighted by molar-refractivity contribution is 6.32. The van der Waals surface area contributed by atoms with Crippen molar-refractivity contribution < 1.29 is 4.74 Å². The highest BCUT2D eigenvalue weighted by Crippen LogP contribution is 2.30. The van der Waals surface area contributed by atoms with Gasteiger partial charge in [0.05, 0.1) is 12.1 Å². The Balaban J connectivity index is 2.95. The normalized spacial score (nSPS) is 13.0. The third-order valence-electron chi connectivity index (χ3n) is 4.28. The van der Waals surface area contributed by atoms with Gasteiger partial charge in [0.2, 0.25) is 0 Å². The molecule has 1 unspecified atom stereocenters. The fourth-order valence-electron chi connectivity index (χ4n) is 2.74. The molecule has 0 heterocycles. The van der Waals surface area contributed by atoms with Gasteiger partial charge in [0.15, 0.2) is 0 Å². The fourth-order valence-corrected chi connectivity index (χ4v) is 3.01. The predicted octanol–water partition coefficient (Wildman–Crippen LogP) is 4.11. The zero-order valence-electron chi connectivity index (χ0n) is 13.7. The van der Waals surface area contributed by atoms with Gasteiger partial charge >= 0.3 is 0 Å². The molecule has 0 saturated carbocycles. The van der Waals surface area contributed by atoms with Gasteiger partial charge in [-0.1, -0.05) is 51.3 Å². The summed E-state index contributed by atoms with van der Waals surface area (Å²) in [5.41, 5.74) is 7.21. The number of methoxy groups -OCH3 is 1. The Morgan fingerprint density at radius 2 is 1.90 bits per heavy atom. The molecule has 0 aliphatic carbocycles. The monoisotopic (exact) mass is 312 g/mol. The van der Waals surface area contributed by atoms with Crippen LogP contribution in [0, 0.1) is 5.92 Å². The molecule has 1 atom stereocenters. The topological polar surface area (TPSA) is 38.5 Å². The van der Waals surface area contributed by atoms with E-state index < -0.39 is 0 Å². The van der Waals surface area contributed by atoms with Crippen LogP contribution in [0.2, 0.25) is 5.02 Å². The summed E-state index contributed by atoms with van der Waals surface area (Å²) in [4.78, 5) is 2.45. The number of rotatable bonds is 9. The zero-order chi connectivity index (χ0) is 15.8. The van der Waals surface area contributed by atoms with Crippen molar-refractivity contribution >= 4 is 11.6 Å². The van der Waals surface area contributed by atoms with Gasteiger partial charge in [0, 0.05) is 19.1 Å². The Kier molecular flexibility index (Phi) is 8.09. The van der Waals surface area contributed by atoms with E-state index in [1.807, 2.05) is 12.1 Å². The van der Waals surface area contributed by atoms with Gasteiger partial charge in [0.1, 0.15) is 5.75 Å². The number of benzene rings is 1. The molecular weight excluding hydrogens is 284 g/mol. The molecule has 1 aromatic rings. The lowest BCUT2D eigenvalue weighted by atomic mass is 9.99. The maximum absolute atomic E-state index is 6.25. The second-order valence-electron chi connectivity index (χ2n) is 5.42. The molecular formula is C17H29ClN2O. The first-order valence-electron chi connectivity index (χ1n) is 7.88. The van der Waals surface area contributed by atoms with E-state index >= 15 is 0 Å². The van der Waals surface area contributed by atoms with Gasteiger partial charge in [-0.25, -0.2) is 0 Å². The van der Waals surface area contributed by atoms with E-state index in [2.05, 4.69) is 31.7 Å². The van der Waals surface area contributed by atoms with Crippen molar-refractivity contribution in [2.24, 2.45) is 11.7 Å². The van der Waals surface area contributed by atoms with Crippen molar-refractivity contribution in [2.75, 3.05) is 26.7 Å². The molecule has 0 bridgehead atoms. The minimum Gasteiger partial charge on any atom is -0.495 e. The van der Waals surface area contributed by atoms with E-state index in [1.165, 1.54) is 12.8 Å². The maximum Gasteiger partial charge on any atom is 0.137 e. The maximum atomic E-state index is 6.25. The molecule has 0 fully saturated rings. The number of ether oxygens (including phenoxy) is 1. The molecule has 2 N–H and O–H groups in total. The molecule has 1 rings (SSSR count). The minimum atomic E-state index is 0.207. The molecule has 3 nitrogen and oxygen atoms in total. The number of likely N-dealkylation sites (N-methyl/N-ethyl adjacent to an activating group) is 1. The molecule has 0 radical (unpaired) electrons. The quantitative estimate of drug-likeness (QED) is 0.746. The zero-order valence-corrected chi connectivity index (χ0v) is 14.5. The van der Waals surface area contributed by atoms with Crippen molar-refractivity contribution in [3.05, 3.63) is 28.8 Å². The molecule has 0 aromatic heterocycles. The van der Waals surface area contributed by atoms with Crippen molar-refractivity contribution in [3.63, 3.8) is 0 Å². The lowest BCUT2D eigenvalue weighted by Crippen LogP contribution is -2.37. The lowest BCUT2D eigenvalue weighted by Gasteiger charge is -2.33. The van der Waals surface area contributed by atoms with Gasteiger partial charge in [-0.05, 0) is 30.2 Å². The summed E-state index contributed by atoms with van der Waals surface area (Å²) in [6.07, 6.45) is 2.40. The number of halogens is 1. The molecule has 1 aromatic carbocycles. The lowest BCUT2D eigenvalue weighted by molar-refractivity contribution is 0.174. The van der Waals surface area contributed by atoms with Crippen LogP contribution in [0.15, 0.2) is 18.2 Å². The molecule has 0 amide bonds. The van der Waals surface area contributed by atoms with E-state index in [1.54, 1.807) is 7.11 Å². The average Bonchev–Trinajstić information content (AvgIpc) is 2.51. The smallest absolute Gasteiger partial charge is 0.137 e. The van der Waals surface area contributed by atoms with Crippen LogP contribution in [0.5, 0.6) is 5.75 Å². The SMILES string of the molecule is CCC(CC)CN(CC)C(CN)c1ccc(OC)c(Cl)c1. The molecule has 0 spiro atoms. The van der Waals surface area contributed by atoms with E-state index in [0.29, 0.717) is 23.2 Å². The molecule has 21 heavy (non-hydrogen) atoms. The first-order valence-corrected chi connectivity index (χ1v) is 8.26. The van der Waals surface area contributed by atoms with E-state index in [9.17, 15) is 0 Å². The average molecular weight is 313 g/mol. The summed E-state index contributed by atoms with van der Waals surface area (Å²) >= 11 is 6.25. The number of nitrogens with two attached hydrogens (primary N) is 1. The van der Waals surface area contributed by atoms with Crippen LogP contribution in [0.1, 0.15) is 45.2 Å². The third-order valence-corrected chi connectivity index (χ3v) is 4.57. The Bertz CT molecular complexity index is 421. The minimum absolute atomic E-state index is 0.207. The van der Waals surface area contributed by atoms with Crippen LogP contribution in [0.25, 0.3) is 0 Å². The Hall–Kier alpha value is -0.770. The van der Waals surface area contributed by atoms with Crippen molar-refractivity contribution in [2.45, 2.75) is 39.7 Å². The summed E-state index contributed by atoms with van der Waals surface area (Å²) in [6.45, 7) is 9.36. The van der Waals surface area contributed by atoms with Gasteiger partial charge in [0.25, 0.3) is 0 Å².